The van der Waals surface area contributed by atoms with Gasteiger partial charge in [0.2, 0.25) is 5.91 Å². The second kappa shape index (κ2) is 7.03. The summed E-state index contributed by atoms with van der Waals surface area (Å²) in [5.41, 5.74) is 3.79. The van der Waals surface area contributed by atoms with Crippen molar-refractivity contribution >= 4 is 17.5 Å². The average Bonchev–Trinajstić information content (AvgIpc) is 3.29. The number of aliphatic hydroxyl groups is 1. The summed E-state index contributed by atoms with van der Waals surface area (Å²) in [6.45, 7) is 0. The van der Waals surface area contributed by atoms with E-state index in [0.29, 0.717) is 32.1 Å². The first-order valence-corrected chi connectivity index (χ1v) is 10.3. The van der Waals surface area contributed by atoms with Crippen LogP contribution in [0.5, 0.6) is 0 Å². The molecule has 4 N–H and O–H groups in total. The molecule has 3 unspecified atom stereocenters. The number of nitrogens with one attached hydrogen (secondary N) is 1. The minimum absolute atomic E-state index is 0.185. The number of fused-ring (bicyclic) bond motifs is 2. The predicted molar refractivity (Wildman–Crippen MR) is 99.5 cm³/mol. The molecule has 3 fully saturated rings. The van der Waals surface area contributed by atoms with Crippen LogP contribution in [0.4, 0.5) is 13.2 Å². The van der Waals surface area contributed by atoms with Crippen molar-refractivity contribution in [1.82, 2.24) is 5.32 Å². The SMILES string of the molecule is N[C@H]1CC(C(=O)N[C@H](C2C(F)=C(Cl)C=CC2F)C23CCC(F)(CC2)C3)C[C@H]1O. The molecule has 8 heteroatoms. The summed E-state index contributed by atoms with van der Waals surface area (Å²) in [7, 11) is 0. The van der Waals surface area contributed by atoms with Crippen molar-refractivity contribution in [3.63, 3.8) is 0 Å². The van der Waals surface area contributed by atoms with Crippen molar-refractivity contribution in [3.8, 4) is 0 Å². The molecular weight excluding hydrogens is 393 g/mol. The van der Waals surface area contributed by atoms with Gasteiger partial charge in [-0.05, 0) is 62.5 Å². The zero-order valence-electron chi connectivity index (χ0n) is 15.5. The molecule has 3 saturated carbocycles. The van der Waals surface area contributed by atoms with E-state index < -0.39 is 53.1 Å². The zero-order valence-corrected chi connectivity index (χ0v) is 16.3. The van der Waals surface area contributed by atoms with Crippen molar-refractivity contribution in [2.45, 2.75) is 75.0 Å². The Morgan fingerprint density at radius 2 is 2.00 bits per heavy atom. The highest BCUT2D eigenvalue weighted by atomic mass is 35.5. The van der Waals surface area contributed by atoms with E-state index in [9.17, 15) is 23.1 Å². The Bertz CT molecular complexity index is 710. The fourth-order valence-electron chi connectivity index (χ4n) is 5.76. The number of hydrogen-bond donors (Lipinski definition) is 3. The smallest absolute Gasteiger partial charge is 0.223 e. The predicted octanol–water partition coefficient (Wildman–Crippen LogP) is 3.19. The van der Waals surface area contributed by atoms with Crippen LogP contribution < -0.4 is 11.1 Å². The number of amides is 1. The van der Waals surface area contributed by atoms with Crippen LogP contribution in [0.3, 0.4) is 0 Å². The number of alkyl halides is 2. The summed E-state index contributed by atoms with van der Waals surface area (Å²) in [4.78, 5) is 12.9. The van der Waals surface area contributed by atoms with Crippen molar-refractivity contribution in [2.24, 2.45) is 23.0 Å². The number of carbonyl (C=O) groups excluding carboxylic acids is 1. The molecule has 6 atom stereocenters. The van der Waals surface area contributed by atoms with Gasteiger partial charge in [0.1, 0.15) is 17.7 Å². The van der Waals surface area contributed by atoms with Gasteiger partial charge in [0.05, 0.1) is 17.1 Å². The van der Waals surface area contributed by atoms with E-state index in [1.54, 1.807) is 0 Å². The normalized spacial score (nSPS) is 46.3. The van der Waals surface area contributed by atoms with Crippen LogP contribution in [0.1, 0.15) is 44.9 Å². The van der Waals surface area contributed by atoms with Gasteiger partial charge in [-0.15, -0.1) is 0 Å². The first-order chi connectivity index (χ1) is 13.1. The number of hydrogen-bond acceptors (Lipinski definition) is 3. The van der Waals surface area contributed by atoms with Crippen LogP contribution in [0.25, 0.3) is 0 Å². The third kappa shape index (κ3) is 3.29. The first kappa shape index (κ1) is 20.2. The Morgan fingerprint density at radius 1 is 1.32 bits per heavy atom. The number of nitrogens with two attached hydrogens (primary N) is 1. The van der Waals surface area contributed by atoms with Gasteiger partial charge >= 0.3 is 0 Å². The molecule has 0 heterocycles. The zero-order chi connectivity index (χ0) is 20.3. The van der Waals surface area contributed by atoms with Gasteiger partial charge in [-0.1, -0.05) is 11.6 Å². The van der Waals surface area contributed by atoms with E-state index in [4.69, 9.17) is 17.3 Å². The quantitative estimate of drug-likeness (QED) is 0.656. The van der Waals surface area contributed by atoms with Crippen molar-refractivity contribution in [3.05, 3.63) is 23.0 Å². The van der Waals surface area contributed by atoms with E-state index in [2.05, 4.69) is 5.32 Å². The Balaban J connectivity index is 1.63. The van der Waals surface area contributed by atoms with Crippen LogP contribution >= 0.6 is 11.6 Å². The topological polar surface area (TPSA) is 75.4 Å². The fraction of sp³-hybridized carbons (Fsp3) is 0.750. The van der Waals surface area contributed by atoms with Gasteiger partial charge in [0, 0.05) is 18.0 Å². The minimum Gasteiger partial charge on any atom is -0.391 e. The maximum absolute atomic E-state index is 14.9. The lowest BCUT2D eigenvalue weighted by atomic mass is 9.69. The lowest BCUT2D eigenvalue weighted by Gasteiger charge is -2.42. The summed E-state index contributed by atoms with van der Waals surface area (Å²) < 4.78 is 44.6. The third-order valence-corrected chi connectivity index (χ3v) is 7.67. The molecule has 0 aromatic carbocycles. The summed E-state index contributed by atoms with van der Waals surface area (Å²) in [5, 5.41) is 12.5. The van der Waals surface area contributed by atoms with Crippen molar-refractivity contribution in [2.75, 3.05) is 0 Å². The van der Waals surface area contributed by atoms with Gasteiger partial charge in [0.25, 0.3) is 0 Å². The summed E-state index contributed by atoms with van der Waals surface area (Å²) in [5.74, 6) is -2.99. The lowest BCUT2D eigenvalue weighted by Crippen LogP contribution is -2.54. The van der Waals surface area contributed by atoms with E-state index in [1.165, 1.54) is 12.2 Å². The molecule has 4 nitrogen and oxygen atoms in total. The molecule has 4 aliphatic carbocycles. The maximum atomic E-state index is 14.9. The molecule has 0 aliphatic heterocycles. The Labute approximate surface area is 167 Å². The van der Waals surface area contributed by atoms with E-state index in [-0.39, 0.29) is 23.8 Å². The molecule has 4 rings (SSSR count). The van der Waals surface area contributed by atoms with E-state index in [1.807, 2.05) is 0 Å². The minimum atomic E-state index is -1.66. The number of aliphatic hydroxyl groups excluding tert-OH is 1. The maximum Gasteiger partial charge on any atom is 0.223 e. The highest BCUT2D eigenvalue weighted by Crippen LogP contribution is 2.62. The Morgan fingerprint density at radius 3 is 2.54 bits per heavy atom. The van der Waals surface area contributed by atoms with Gasteiger partial charge in [-0.3, -0.25) is 4.79 Å². The van der Waals surface area contributed by atoms with E-state index in [0.717, 1.165) is 0 Å². The van der Waals surface area contributed by atoms with Crippen LogP contribution in [0.2, 0.25) is 0 Å². The number of rotatable bonds is 4. The summed E-state index contributed by atoms with van der Waals surface area (Å²) >= 11 is 5.92. The molecular formula is C20H26ClF3N2O2. The Hall–Kier alpha value is -1.05. The second-order valence-electron chi connectivity index (χ2n) is 9.10. The van der Waals surface area contributed by atoms with Gasteiger partial charge in [-0.2, -0.15) is 0 Å². The molecule has 0 saturated heterocycles. The van der Waals surface area contributed by atoms with Crippen LogP contribution in [-0.2, 0) is 4.79 Å². The second-order valence-corrected chi connectivity index (χ2v) is 9.51. The summed E-state index contributed by atoms with van der Waals surface area (Å²) in [6, 6.07) is -1.40. The van der Waals surface area contributed by atoms with E-state index >= 15 is 0 Å². The first-order valence-electron chi connectivity index (χ1n) is 9.95. The molecule has 0 aromatic rings. The standard InChI is InChI=1S/C20H26ClF3N2O2/c21-11-1-2-12(22)15(16(11)23)17(19-3-5-20(24,9-19)6-4-19)26-18(28)10-7-13(25)14(27)8-10/h1-2,10,12-15,17,27H,3-9,25H2,(H,26,28)/t10?,12?,13-,14+,15?,17+,19?,20?/m0/s1. The summed E-state index contributed by atoms with van der Waals surface area (Å²) in [6.07, 6.45) is 2.27. The van der Waals surface area contributed by atoms with Gasteiger partial charge < -0.3 is 16.2 Å². The van der Waals surface area contributed by atoms with Crippen LogP contribution in [0.15, 0.2) is 23.0 Å². The highest BCUT2D eigenvalue weighted by Gasteiger charge is 2.61. The molecule has 1 amide bonds. The molecule has 0 radical (unpaired) electrons. The molecule has 4 aliphatic rings. The van der Waals surface area contributed by atoms with Crippen LogP contribution in [0, 0.1) is 17.3 Å². The van der Waals surface area contributed by atoms with Gasteiger partial charge in [0.15, 0.2) is 0 Å². The third-order valence-electron chi connectivity index (χ3n) is 7.37. The molecule has 2 bridgehead atoms. The largest absolute Gasteiger partial charge is 0.391 e. The monoisotopic (exact) mass is 418 g/mol. The molecule has 0 aromatic heterocycles. The number of carbonyl (C=O) groups is 1. The van der Waals surface area contributed by atoms with Gasteiger partial charge in [-0.25, -0.2) is 13.2 Å². The van der Waals surface area contributed by atoms with Crippen molar-refractivity contribution < 1.29 is 23.1 Å². The highest BCUT2D eigenvalue weighted by molar-refractivity contribution is 6.31. The molecule has 28 heavy (non-hydrogen) atoms. The average molecular weight is 419 g/mol. The number of halogens is 4. The van der Waals surface area contributed by atoms with Crippen molar-refractivity contribution in [1.29, 1.82) is 0 Å². The Kier molecular flexibility index (Phi) is 5.08. The number of allylic oxidation sites excluding steroid dienone is 3. The molecule has 156 valence electrons. The fourth-order valence-corrected chi connectivity index (χ4v) is 5.96. The molecule has 0 spiro atoms. The lowest BCUT2D eigenvalue weighted by molar-refractivity contribution is -0.127. The van der Waals surface area contributed by atoms with Crippen LogP contribution in [-0.4, -0.2) is 41.0 Å².